The highest BCUT2D eigenvalue weighted by Gasteiger charge is 2.21. The number of hydrogen-bond acceptors (Lipinski definition) is 8. The molecular formula is C23H21N5O5S. The maximum atomic E-state index is 13.1. The number of benzene rings is 2. The number of ether oxygens (including phenoxy) is 3. The van der Waals surface area contributed by atoms with Crippen molar-refractivity contribution in [3.8, 4) is 22.9 Å². The number of carbonyl (C=O) groups excluding carboxylic acids is 1. The van der Waals surface area contributed by atoms with Crippen molar-refractivity contribution in [2.24, 2.45) is 0 Å². The van der Waals surface area contributed by atoms with Crippen molar-refractivity contribution in [1.82, 2.24) is 19.2 Å². The van der Waals surface area contributed by atoms with Gasteiger partial charge in [-0.05, 0) is 31.2 Å². The Labute approximate surface area is 198 Å². The molecule has 34 heavy (non-hydrogen) atoms. The first-order valence-electron chi connectivity index (χ1n) is 10.5. The van der Waals surface area contributed by atoms with Gasteiger partial charge >= 0.3 is 5.56 Å². The van der Waals surface area contributed by atoms with Gasteiger partial charge in [0.1, 0.15) is 19.0 Å². The number of aromatic nitrogens is 4. The van der Waals surface area contributed by atoms with Gasteiger partial charge in [0.2, 0.25) is 11.6 Å². The zero-order valence-corrected chi connectivity index (χ0v) is 19.2. The van der Waals surface area contributed by atoms with E-state index in [1.165, 1.54) is 16.3 Å². The van der Waals surface area contributed by atoms with Crippen LogP contribution >= 0.6 is 11.8 Å². The molecule has 2 aromatic carbocycles. The van der Waals surface area contributed by atoms with Crippen LogP contribution in [0.15, 0.2) is 64.8 Å². The summed E-state index contributed by atoms with van der Waals surface area (Å²) in [5.74, 6) is 1.59. The number of fused-ring (bicyclic) bond motifs is 2. The molecule has 4 aromatic rings. The Morgan fingerprint density at radius 2 is 1.91 bits per heavy atom. The molecule has 3 heterocycles. The number of carbonyl (C=O) groups is 1. The summed E-state index contributed by atoms with van der Waals surface area (Å²) in [5.41, 5.74) is 1.00. The molecule has 1 aliphatic rings. The van der Waals surface area contributed by atoms with Crippen LogP contribution < -0.4 is 25.1 Å². The maximum absolute atomic E-state index is 13.1. The average Bonchev–Trinajstić information content (AvgIpc) is 3.27. The highest BCUT2D eigenvalue weighted by Crippen LogP contribution is 2.33. The van der Waals surface area contributed by atoms with E-state index >= 15 is 0 Å². The first-order chi connectivity index (χ1) is 16.5. The third-order valence-electron chi connectivity index (χ3n) is 5.25. The lowest BCUT2D eigenvalue weighted by Gasteiger charge is -2.19. The van der Waals surface area contributed by atoms with Crippen molar-refractivity contribution < 1.29 is 19.0 Å². The predicted molar refractivity (Wildman–Crippen MR) is 127 cm³/mol. The van der Waals surface area contributed by atoms with Crippen LogP contribution in [0, 0.1) is 0 Å². The van der Waals surface area contributed by atoms with Gasteiger partial charge in [0, 0.05) is 24.1 Å². The van der Waals surface area contributed by atoms with Gasteiger partial charge in [-0.25, -0.2) is 0 Å². The minimum absolute atomic E-state index is 0.148. The Morgan fingerprint density at radius 3 is 2.74 bits per heavy atom. The minimum atomic E-state index is -0.503. The van der Waals surface area contributed by atoms with Gasteiger partial charge < -0.3 is 19.5 Å². The van der Waals surface area contributed by atoms with E-state index in [0.717, 1.165) is 0 Å². The fraction of sp³-hybridized carbons (Fsp3) is 0.217. The Hall–Kier alpha value is -3.99. The highest BCUT2D eigenvalue weighted by atomic mass is 32.2. The highest BCUT2D eigenvalue weighted by molar-refractivity contribution is 8.00. The summed E-state index contributed by atoms with van der Waals surface area (Å²) in [5, 5.41) is 11.0. The molecule has 0 aliphatic carbocycles. The maximum Gasteiger partial charge on any atom is 0.300 e. The van der Waals surface area contributed by atoms with Gasteiger partial charge in [-0.1, -0.05) is 23.9 Å². The van der Waals surface area contributed by atoms with Crippen molar-refractivity contribution in [2.45, 2.75) is 17.3 Å². The van der Waals surface area contributed by atoms with Crippen LogP contribution in [0.2, 0.25) is 0 Å². The summed E-state index contributed by atoms with van der Waals surface area (Å²) < 4.78 is 19.5. The lowest BCUT2D eigenvalue weighted by molar-refractivity contribution is -0.115. The third-order valence-corrected chi connectivity index (χ3v) is 6.30. The van der Waals surface area contributed by atoms with Crippen molar-refractivity contribution in [3.05, 3.63) is 65.2 Å². The summed E-state index contributed by atoms with van der Waals surface area (Å²) in [6.45, 7) is 2.73. The standard InChI is InChI=1S/C23H21N5O5S/c1-14(21(29)24-15-7-8-18-19(13-15)33-12-11-32-18)34-23-26-25-20-22(30)27(9-10-28(20)23)16-5-3-4-6-17(16)31-2/h3-10,13-14H,11-12H2,1-2H3,(H,24,29)/t14-/m1/s1. The molecule has 0 spiro atoms. The van der Waals surface area contributed by atoms with Crippen LogP contribution in [0.4, 0.5) is 5.69 Å². The molecule has 0 bridgehead atoms. The summed E-state index contributed by atoms with van der Waals surface area (Å²) >= 11 is 1.20. The molecule has 10 nitrogen and oxygen atoms in total. The molecular weight excluding hydrogens is 458 g/mol. The zero-order valence-electron chi connectivity index (χ0n) is 18.4. The van der Waals surface area contributed by atoms with Crippen LogP contribution in [0.5, 0.6) is 17.2 Å². The lowest BCUT2D eigenvalue weighted by atomic mass is 10.2. The molecule has 174 valence electrons. The van der Waals surface area contributed by atoms with Crippen LogP contribution in [0.3, 0.4) is 0 Å². The predicted octanol–water partition coefficient (Wildman–Crippen LogP) is 2.78. The van der Waals surface area contributed by atoms with Crippen molar-refractivity contribution in [2.75, 3.05) is 25.6 Å². The average molecular weight is 480 g/mol. The second kappa shape index (κ2) is 9.10. The summed E-state index contributed by atoms with van der Waals surface area (Å²) in [4.78, 5) is 25.8. The van der Waals surface area contributed by atoms with Crippen molar-refractivity contribution >= 4 is 29.0 Å². The first kappa shape index (κ1) is 21.8. The molecule has 5 rings (SSSR count). The largest absolute Gasteiger partial charge is 0.495 e. The van der Waals surface area contributed by atoms with E-state index in [-0.39, 0.29) is 17.1 Å². The van der Waals surface area contributed by atoms with E-state index in [1.807, 2.05) is 12.1 Å². The molecule has 1 amide bonds. The summed E-state index contributed by atoms with van der Waals surface area (Å²) in [6.07, 6.45) is 3.32. The van der Waals surface area contributed by atoms with Gasteiger partial charge in [-0.3, -0.25) is 18.6 Å². The third kappa shape index (κ3) is 4.05. The van der Waals surface area contributed by atoms with E-state index in [4.69, 9.17) is 14.2 Å². The second-order valence-corrected chi connectivity index (χ2v) is 8.74. The number of methoxy groups -OCH3 is 1. The molecule has 1 aliphatic heterocycles. The number of anilines is 1. The van der Waals surface area contributed by atoms with Crippen LogP contribution in [-0.4, -0.2) is 50.6 Å². The van der Waals surface area contributed by atoms with E-state index in [1.54, 1.807) is 61.2 Å². The number of amides is 1. The number of nitrogens with zero attached hydrogens (tertiary/aromatic N) is 4. The van der Waals surface area contributed by atoms with Gasteiger partial charge in [0.25, 0.3) is 0 Å². The van der Waals surface area contributed by atoms with E-state index in [9.17, 15) is 9.59 Å². The van der Waals surface area contributed by atoms with Crippen molar-refractivity contribution in [3.63, 3.8) is 0 Å². The lowest BCUT2D eigenvalue weighted by Crippen LogP contribution is -2.23. The minimum Gasteiger partial charge on any atom is -0.495 e. The van der Waals surface area contributed by atoms with Crippen LogP contribution in [-0.2, 0) is 4.79 Å². The fourth-order valence-corrected chi connectivity index (χ4v) is 4.37. The van der Waals surface area contributed by atoms with Gasteiger partial charge in [0.15, 0.2) is 16.7 Å². The Kier molecular flexibility index (Phi) is 5.84. The number of para-hydroxylation sites is 2. The molecule has 1 atom stereocenters. The molecule has 0 unspecified atom stereocenters. The topological polar surface area (TPSA) is 109 Å². The van der Waals surface area contributed by atoms with E-state index < -0.39 is 5.25 Å². The Balaban J connectivity index is 1.35. The SMILES string of the molecule is COc1ccccc1-n1ccn2c(S[C@H](C)C(=O)Nc3ccc4c(c3)OCCO4)nnc2c1=O. The number of thioether (sulfide) groups is 1. The number of rotatable bonds is 6. The number of nitrogens with one attached hydrogen (secondary N) is 1. The summed E-state index contributed by atoms with van der Waals surface area (Å²) in [6, 6.07) is 12.5. The fourth-order valence-electron chi connectivity index (χ4n) is 3.54. The van der Waals surface area contributed by atoms with Crippen LogP contribution in [0.25, 0.3) is 11.3 Å². The molecule has 1 N–H and O–H groups in total. The summed E-state index contributed by atoms with van der Waals surface area (Å²) in [7, 11) is 1.55. The van der Waals surface area contributed by atoms with E-state index in [2.05, 4.69) is 15.5 Å². The molecule has 2 aromatic heterocycles. The Bertz CT molecular complexity index is 1430. The second-order valence-electron chi connectivity index (χ2n) is 7.43. The quantitative estimate of drug-likeness (QED) is 0.421. The van der Waals surface area contributed by atoms with Gasteiger partial charge in [-0.15, -0.1) is 10.2 Å². The molecule has 0 saturated carbocycles. The van der Waals surface area contributed by atoms with E-state index in [0.29, 0.717) is 47.0 Å². The molecule has 0 saturated heterocycles. The first-order valence-corrected chi connectivity index (χ1v) is 11.4. The Morgan fingerprint density at radius 1 is 1.12 bits per heavy atom. The molecule has 0 fully saturated rings. The van der Waals surface area contributed by atoms with Crippen molar-refractivity contribution in [1.29, 1.82) is 0 Å². The van der Waals surface area contributed by atoms with Gasteiger partial charge in [0.05, 0.1) is 18.0 Å². The smallest absolute Gasteiger partial charge is 0.300 e. The molecule has 0 radical (unpaired) electrons. The zero-order chi connectivity index (χ0) is 23.7. The number of hydrogen-bond donors (Lipinski definition) is 1. The molecule has 11 heteroatoms. The van der Waals surface area contributed by atoms with Gasteiger partial charge in [-0.2, -0.15) is 0 Å². The van der Waals surface area contributed by atoms with Crippen LogP contribution in [0.1, 0.15) is 6.92 Å². The monoisotopic (exact) mass is 479 g/mol. The normalized spacial score (nSPS) is 13.5.